The van der Waals surface area contributed by atoms with Crippen LogP contribution < -0.4 is 0 Å². The zero-order valence-corrected chi connectivity index (χ0v) is 10.8. The summed E-state index contributed by atoms with van der Waals surface area (Å²) in [5.74, 6) is -0.180. The lowest BCUT2D eigenvalue weighted by Gasteiger charge is -2.23. The molecule has 4 heteroatoms. The molecule has 1 aromatic carbocycles. The van der Waals surface area contributed by atoms with Crippen molar-refractivity contribution < 1.29 is 9.50 Å². The number of aliphatic hydroxyl groups excluding tert-OH is 1. The fourth-order valence-electron chi connectivity index (χ4n) is 2.50. The highest BCUT2D eigenvalue weighted by atomic mass is 19.1. The standard InChI is InChI=1S/C14H21FN2O/c1-16(8-9-18)14-6-7-17(11-14)10-12-2-4-13(15)5-3-12/h2-5,14,18H,6-11H2,1H3. The molecular weight excluding hydrogens is 231 g/mol. The Morgan fingerprint density at radius 1 is 1.39 bits per heavy atom. The smallest absolute Gasteiger partial charge is 0.123 e. The second kappa shape index (κ2) is 6.27. The van der Waals surface area contributed by atoms with Crippen molar-refractivity contribution in [2.45, 2.75) is 19.0 Å². The third-order valence-corrected chi connectivity index (χ3v) is 3.64. The first-order valence-electron chi connectivity index (χ1n) is 6.47. The van der Waals surface area contributed by atoms with Gasteiger partial charge in [0.25, 0.3) is 0 Å². The molecule has 0 bridgehead atoms. The Balaban J connectivity index is 1.84. The van der Waals surface area contributed by atoms with Gasteiger partial charge in [0.1, 0.15) is 5.82 Å². The van der Waals surface area contributed by atoms with E-state index in [4.69, 9.17) is 5.11 Å². The molecule has 1 aromatic rings. The monoisotopic (exact) mass is 252 g/mol. The molecule has 3 nitrogen and oxygen atoms in total. The molecule has 1 atom stereocenters. The number of hydrogen-bond acceptors (Lipinski definition) is 3. The molecule has 0 saturated carbocycles. The Morgan fingerprint density at radius 3 is 2.78 bits per heavy atom. The summed E-state index contributed by atoms with van der Waals surface area (Å²) < 4.78 is 12.8. The van der Waals surface area contributed by atoms with Gasteiger partial charge in [-0.1, -0.05) is 12.1 Å². The molecule has 0 amide bonds. The van der Waals surface area contributed by atoms with Gasteiger partial charge in [0, 0.05) is 32.2 Å². The maximum Gasteiger partial charge on any atom is 0.123 e. The van der Waals surface area contributed by atoms with Gasteiger partial charge >= 0.3 is 0 Å². The van der Waals surface area contributed by atoms with E-state index in [1.165, 1.54) is 12.1 Å². The van der Waals surface area contributed by atoms with Crippen LogP contribution in [0.15, 0.2) is 24.3 Å². The summed E-state index contributed by atoms with van der Waals surface area (Å²) in [6.07, 6.45) is 1.14. The second-order valence-corrected chi connectivity index (χ2v) is 5.01. The van der Waals surface area contributed by atoms with Crippen LogP contribution in [0.4, 0.5) is 4.39 Å². The van der Waals surface area contributed by atoms with E-state index in [1.807, 2.05) is 12.1 Å². The van der Waals surface area contributed by atoms with Gasteiger partial charge < -0.3 is 5.11 Å². The topological polar surface area (TPSA) is 26.7 Å². The molecule has 1 aliphatic heterocycles. The molecule has 2 rings (SSSR count). The van der Waals surface area contributed by atoms with Crippen molar-refractivity contribution in [1.82, 2.24) is 9.80 Å². The third-order valence-electron chi connectivity index (χ3n) is 3.64. The molecule has 0 spiro atoms. The van der Waals surface area contributed by atoms with Gasteiger partial charge in [-0.3, -0.25) is 9.80 Å². The highest BCUT2D eigenvalue weighted by molar-refractivity contribution is 5.16. The Kier molecular flexibility index (Phi) is 4.69. The van der Waals surface area contributed by atoms with Crippen molar-refractivity contribution in [2.24, 2.45) is 0 Å². The number of nitrogens with zero attached hydrogens (tertiary/aromatic N) is 2. The lowest BCUT2D eigenvalue weighted by Crippen LogP contribution is -2.36. The highest BCUT2D eigenvalue weighted by Crippen LogP contribution is 2.17. The van der Waals surface area contributed by atoms with E-state index in [2.05, 4.69) is 16.8 Å². The third kappa shape index (κ3) is 3.51. The minimum absolute atomic E-state index is 0.180. The first-order valence-corrected chi connectivity index (χ1v) is 6.47. The predicted molar refractivity (Wildman–Crippen MR) is 69.8 cm³/mol. The summed E-state index contributed by atoms with van der Waals surface area (Å²) in [5.41, 5.74) is 1.15. The molecule has 1 fully saturated rings. The Hall–Kier alpha value is -0.970. The largest absolute Gasteiger partial charge is 0.395 e. The van der Waals surface area contributed by atoms with Crippen molar-refractivity contribution in [1.29, 1.82) is 0 Å². The summed E-state index contributed by atoms with van der Waals surface area (Å²) in [6.45, 7) is 3.91. The molecule has 1 aliphatic rings. The van der Waals surface area contributed by atoms with Crippen LogP contribution in [0.2, 0.25) is 0 Å². The van der Waals surface area contributed by atoms with E-state index in [9.17, 15) is 4.39 Å². The van der Waals surface area contributed by atoms with Crippen LogP contribution in [0.3, 0.4) is 0 Å². The molecular formula is C14H21FN2O. The average Bonchev–Trinajstić information content (AvgIpc) is 2.81. The fourth-order valence-corrected chi connectivity index (χ4v) is 2.50. The number of benzene rings is 1. The van der Waals surface area contributed by atoms with Gasteiger partial charge in [-0.05, 0) is 31.2 Å². The van der Waals surface area contributed by atoms with Crippen LogP contribution in [0.25, 0.3) is 0 Å². The summed E-state index contributed by atoms with van der Waals surface area (Å²) in [4.78, 5) is 4.59. The first-order chi connectivity index (χ1) is 8.69. The van der Waals surface area contributed by atoms with Gasteiger partial charge in [0.05, 0.1) is 6.61 Å². The van der Waals surface area contributed by atoms with Crippen molar-refractivity contribution in [3.8, 4) is 0 Å². The molecule has 100 valence electrons. The van der Waals surface area contributed by atoms with E-state index >= 15 is 0 Å². The highest BCUT2D eigenvalue weighted by Gasteiger charge is 2.25. The Labute approximate surface area is 108 Å². The zero-order chi connectivity index (χ0) is 13.0. The van der Waals surface area contributed by atoms with E-state index in [0.29, 0.717) is 6.04 Å². The zero-order valence-electron chi connectivity index (χ0n) is 10.8. The summed E-state index contributed by atoms with van der Waals surface area (Å²) in [7, 11) is 2.06. The van der Waals surface area contributed by atoms with Crippen LogP contribution in [-0.2, 0) is 6.54 Å². The first kappa shape index (κ1) is 13.5. The van der Waals surface area contributed by atoms with E-state index in [-0.39, 0.29) is 12.4 Å². The SMILES string of the molecule is CN(CCO)C1CCN(Cc2ccc(F)cc2)C1. The van der Waals surface area contributed by atoms with Crippen LogP contribution >= 0.6 is 0 Å². The predicted octanol–water partition coefficient (Wildman–Crippen LogP) is 1.32. The van der Waals surface area contributed by atoms with E-state index in [1.54, 1.807) is 0 Å². The number of halogens is 1. The van der Waals surface area contributed by atoms with E-state index < -0.39 is 0 Å². The average molecular weight is 252 g/mol. The van der Waals surface area contributed by atoms with Crippen molar-refractivity contribution in [3.05, 3.63) is 35.6 Å². The number of likely N-dealkylation sites (tertiary alicyclic amines) is 1. The van der Waals surface area contributed by atoms with Crippen LogP contribution in [-0.4, -0.2) is 54.2 Å². The fraction of sp³-hybridized carbons (Fsp3) is 0.571. The van der Waals surface area contributed by atoms with Crippen LogP contribution in [0.1, 0.15) is 12.0 Å². The number of likely N-dealkylation sites (N-methyl/N-ethyl adjacent to an activating group) is 1. The molecule has 18 heavy (non-hydrogen) atoms. The molecule has 0 aromatic heterocycles. The lowest BCUT2D eigenvalue weighted by molar-refractivity contribution is 0.177. The lowest BCUT2D eigenvalue weighted by atomic mass is 10.2. The molecule has 1 unspecified atom stereocenters. The molecule has 1 saturated heterocycles. The summed E-state index contributed by atoms with van der Waals surface area (Å²) in [5, 5.41) is 8.93. The van der Waals surface area contributed by atoms with Gasteiger partial charge in [0.2, 0.25) is 0 Å². The van der Waals surface area contributed by atoms with Crippen molar-refractivity contribution in [3.63, 3.8) is 0 Å². The summed E-state index contributed by atoms with van der Waals surface area (Å²) >= 11 is 0. The quantitative estimate of drug-likeness (QED) is 0.856. The normalized spacial score (nSPS) is 20.8. The Morgan fingerprint density at radius 2 is 2.11 bits per heavy atom. The minimum Gasteiger partial charge on any atom is -0.395 e. The van der Waals surface area contributed by atoms with E-state index in [0.717, 1.165) is 38.2 Å². The van der Waals surface area contributed by atoms with Crippen molar-refractivity contribution >= 4 is 0 Å². The van der Waals surface area contributed by atoms with Crippen molar-refractivity contribution in [2.75, 3.05) is 33.3 Å². The van der Waals surface area contributed by atoms with Gasteiger partial charge in [-0.25, -0.2) is 4.39 Å². The van der Waals surface area contributed by atoms with Crippen LogP contribution in [0, 0.1) is 5.82 Å². The number of aliphatic hydroxyl groups is 1. The maximum atomic E-state index is 12.8. The molecule has 0 aliphatic carbocycles. The van der Waals surface area contributed by atoms with Crippen LogP contribution in [0.5, 0.6) is 0 Å². The molecule has 1 heterocycles. The Bertz CT molecular complexity index is 369. The van der Waals surface area contributed by atoms with Gasteiger partial charge in [0.15, 0.2) is 0 Å². The number of hydrogen-bond donors (Lipinski definition) is 1. The molecule has 0 radical (unpaired) electrons. The summed E-state index contributed by atoms with van der Waals surface area (Å²) in [6, 6.07) is 7.25. The van der Waals surface area contributed by atoms with Gasteiger partial charge in [-0.2, -0.15) is 0 Å². The second-order valence-electron chi connectivity index (χ2n) is 5.01. The number of rotatable bonds is 5. The van der Waals surface area contributed by atoms with Gasteiger partial charge in [-0.15, -0.1) is 0 Å². The molecule has 1 N–H and O–H groups in total. The maximum absolute atomic E-state index is 12.8. The minimum atomic E-state index is -0.180.